The van der Waals surface area contributed by atoms with Crippen LogP contribution < -0.4 is 0 Å². The Labute approximate surface area is 181 Å². The zero-order valence-corrected chi connectivity index (χ0v) is 17.4. The van der Waals surface area contributed by atoms with Crippen molar-refractivity contribution in [2.24, 2.45) is 11.8 Å². The van der Waals surface area contributed by atoms with Crippen molar-refractivity contribution in [1.29, 1.82) is 0 Å². The first-order chi connectivity index (χ1) is 14.9. The number of halogens is 1. The zero-order chi connectivity index (χ0) is 22.4. The summed E-state index contributed by atoms with van der Waals surface area (Å²) in [5, 5.41) is 0. The largest absolute Gasteiger partial charge is 0.303 e. The third kappa shape index (κ3) is 5.62. The predicted molar refractivity (Wildman–Crippen MR) is 117 cm³/mol. The molecule has 0 radical (unpaired) electrons. The maximum atomic E-state index is 12.9. The third-order valence-electron chi connectivity index (χ3n) is 5.42. The number of Topliss-reactive ketones (excluding diaryl/α,β-unsaturated/α-hetero) is 1. The number of rotatable bonds is 8. The average Bonchev–Trinajstić information content (AvgIpc) is 2.77. The van der Waals surface area contributed by atoms with Crippen LogP contribution in [0, 0.1) is 23.7 Å². The van der Waals surface area contributed by atoms with Crippen molar-refractivity contribution >= 4 is 17.9 Å². The number of hydrogen-bond acceptors (Lipinski definition) is 4. The highest BCUT2D eigenvalue weighted by molar-refractivity contribution is 6.07. The Kier molecular flexibility index (Phi) is 7.28. The number of carbonyl (C=O) groups excluding carboxylic acids is 3. The molecule has 31 heavy (non-hydrogen) atoms. The van der Waals surface area contributed by atoms with Crippen molar-refractivity contribution in [2.45, 2.75) is 19.6 Å². The summed E-state index contributed by atoms with van der Waals surface area (Å²) in [4.78, 5) is 37.6. The Morgan fingerprint density at radius 3 is 2.13 bits per heavy atom. The molecule has 2 unspecified atom stereocenters. The van der Waals surface area contributed by atoms with Gasteiger partial charge >= 0.3 is 0 Å². The van der Waals surface area contributed by atoms with Crippen LogP contribution >= 0.6 is 0 Å². The molecular weight excluding hydrogens is 393 g/mol. The predicted octanol–water partition coefficient (Wildman–Crippen LogP) is 3.63. The van der Waals surface area contributed by atoms with Gasteiger partial charge in [-0.1, -0.05) is 49.6 Å². The molecule has 3 rings (SSSR count). The smallest absolute Gasteiger partial charge is 0.166 e. The van der Waals surface area contributed by atoms with E-state index in [1.807, 2.05) is 24.3 Å². The molecule has 1 aliphatic rings. The van der Waals surface area contributed by atoms with E-state index in [0.29, 0.717) is 24.9 Å². The lowest BCUT2D eigenvalue weighted by atomic mass is 9.85. The number of hydrogen-bond donors (Lipinski definition) is 0. The van der Waals surface area contributed by atoms with Crippen LogP contribution in [0.4, 0.5) is 4.39 Å². The summed E-state index contributed by atoms with van der Waals surface area (Å²) in [6, 6.07) is 14.6. The minimum atomic E-state index is -1.02. The third-order valence-corrected chi connectivity index (χ3v) is 5.42. The Balaban J connectivity index is 1.62. The summed E-state index contributed by atoms with van der Waals surface area (Å²) in [7, 11) is 0. The van der Waals surface area contributed by atoms with Gasteiger partial charge in [0.1, 0.15) is 12.5 Å². The average molecular weight is 417 g/mol. The SMILES string of the molecule is C=CC(=O)C(C=O)C(C)C(=O)c1ccc(C#Cc2ccc(CN3CC(F)C3)cc2)cc1. The van der Waals surface area contributed by atoms with E-state index in [1.165, 1.54) is 0 Å². The van der Waals surface area contributed by atoms with Crippen LogP contribution in [-0.2, 0) is 16.1 Å². The first-order valence-electron chi connectivity index (χ1n) is 10.1. The van der Waals surface area contributed by atoms with E-state index in [4.69, 9.17) is 0 Å². The van der Waals surface area contributed by atoms with Gasteiger partial charge in [0, 0.05) is 42.2 Å². The molecule has 5 heteroatoms. The van der Waals surface area contributed by atoms with Crippen LogP contribution in [-0.4, -0.2) is 42.0 Å². The fourth-order valence-corrected chi connectivity index (χ4v) is 3.44. The highest BCUT2D eigenvalue weighted by Crippen LogP contribution is 2.19. The molecule has 158 valence electrons. The van der Waals surface area contributed by atoms with Crippen LogP contribution in [0.25, 0.3) is 0 Å². The molecule has 0 saturated carbocycles. The van der Waals surface area contributed by atoms with Crippen molar-refractivity contribution in [3.8, 4) is 11.8 Å². The molecule has 0 N–H and O–H groups in total. The number of aldehydes is 1. The number of nitrogens with zero attached hydrogens (tertiary/aromatic N) is 1. The van der Waals surface area contributed by atoms with Gasteiger partial charge in [-0.3, -0.25) is 14.5 Å². The van der Waals surface area contributed by atoms with Gasteiger partial charge in [0.15, 0.2) is 11.6 Å². The molecule has 1 fully saturated rings. The van der Waals surface area contributed by atoms with Crippen molar-refractivity contribution in [3.63, 3.8) is 0 Å². The van der Waals surface area contributed by atoms with Crippen LogP contribution in [0.2, 0.25) is 0 Å². The van der Waals surface area contributed by atoms with E-state index < -0.39 is 23.8 Å². The fraction of sp³-hybridized carbons (Fsp3) is 0.269. The number of alkyl halides is 1. The first-order valence-corrected chi connectivity index (χ1v) is 10.1. The van der Waals surface area contributed by atoms with Gasteiger partial charge in [0.05, 0.1) is 5.92 Å². The molecule has 0 spiro atoms. The van der Waals surface area contributed by atoms with Gasteiger partial charge in [-0.25, -0.2) is 4.39 Å². The van der Waals surface area contributed by atoms with Crippen molar-refractivity contribution < 1.29 is 18.8 Å². The second-order valence-electron chi connectivity index (χ2n) is 7.74. The molecule has 2 aromatic carbocycles. The molecule has 0 aliphatic carbocycles. The van der Waals surface area contributed by atoms with E-state index in [-0.39, 0.29) is 5.78 Å². The van der Waals surface area contributed by atoms with Gasteiger partial charge in [0.2, 0.25) is 0 Å². The van der Waals surface area contributed by atoms with Gasteiger partial charge in [0.25, 0.3) is 0 Å². The fourth-order valence-electron chi connectivity index (χ4n) is 3.44. The van der Waals surface area contributed by atoms with Gasteiger partial charge < -0.3 is 4.79 Å². The van der Waals surface area contributed by atoms with Crippen molar-refractivity contribution in [1.82, 2.24) is 4.90 Å². The van der Waals surface area contributed by atoms with E-state index in [9.17, 15) is 18.8 Å². The van der Waals surface area contributed by atoms with E-state index in [2.05, 4.69) is 23.3 Å². The molecule has 1 saturated heterocycles. The number of ketones is 2. The molecule has 1 heterocycles. The second-order valence-corrected chi connectivity index (χ2v) is 7.74. The summed E-state index contributed by atoms with van der Waals surface area (Å²) < 4.78 is 12.9. The van der Waals surface area contributed by atoms with Crippen LogP contribution in [0.1, 0.15) is 34.0 Å². The Morgan fingerprint density at radius 1 is 1.10 bits per heavy atom. The summed E-state index contributed by atoms with van der Waals surface area (Å²) in [5.74, 6) is 3.64. The second kappa shape index (κ2) is 10.1. The maximum absolute atomic E-state index is 12.9. The molecule has 1 aliphatic heterocycles. The molecule has 0 aromatic heterocycles. The number of benzene rings is 2. The summed E-state index contributed by atoms with van der Waals surface area (Å²) in [6.07, 6.45) is 0.869. The maximum Gasteiger partial charge on any atom is 0.166 e. The van der Waals surface area contributed by atoms with Crippen molar-refractivity contribution in [3.05, 3.63) is 83.4 Å². The Hall–Kier alpha value is -3.36. The lowest BCUT2D eigenvalue weighted by Crippen LogP contribution is -2.47. The summed E-state index contributed by atoms with van der Waals surface area (Å²) in [5.41, 5.74) is 3.16. The van der Waals surface area contributed by atoms with E-state index in [0.717, 1.165) is 29.3 Å². The monoisotopic (exact) mass is 417 g/mol. The first kappa shape index (κ1) is 22.3. The molecule has 2 atom stereocenters. The standard InChI is InChI=1S/C26H24FNO3/c1-3-25(30)24(17-29)18(2)26(31)22-12-10-20(11-13-22)5-4-19-6-8-21(9-7-19)14-28-15-23(27)16-28/h3,6-13,17-18,23-24H,1,14-16H2,2H3. The van der Waals surface area contributed by atoms with Gasteiger partial charge in [-0.05, 0) is 35.9 Å². The van der Waals surface area contributed by atoms with Crippen LogP contribution in [0.3, 0.4) is 0 Å². The number of likely N-dealkylation sites (tertiary alicyclic amines) is 1. The van der Waals surface area contributed by atoms with E-state index >= 15 is 0 Å². The lowest BCUT2D eigenvalue weighted by Gasteiger charge is -2.34. The normalized spacial score (nSPS) is 15.7. The van der Waals surface area contributed by atoms with Crippen molar-refractivity contribution in [2.75, 3.05) is 13.1 Å². The summed E-state index contributed by atoms with van der Waals surface area (Å²) >= 11 is 0. The topological polar surface area (TPSA) is 54.5 Å². The molecule has 4 nitrogen and oxygen atoms in total. The van der Waals surface area contributed by atoms with Crippen LogP contribution in [0.15, 0.2) is 61.2 Å². The summed E-state index contributed by atoms with van der Waals surface area (Å²) in [6.45, 7) is 6.68. The zero-order valence-electron chi connectivity index (χ0n) is 17.4. The Bertz CT molecular complexity index is 1030. The van der Waals surface area contributed by atoms with E-state index in [1.54, 1.807) is 31.2 Å². The van der Waals surface area contributed by atoms with Gasteiger partial charge in [-0.15, -0.1) is 0 Å². The van der Waals surface area contributed by atoms with Crippen LogP contribution in [0.5, 0.6) is 0 Å². The molecule has 0 bridgehead atoms. The lowest BCUT2D eigenvalue weighted by molar-refractivity contribution is -0.125. The molecule has 2 aromatic rings. The number of carbonyl (C=O) groups is 3. The molecular formula is C26H24FNO3. The highest BCUT2D eigenvalue weighted by Gasteiger charge is 2.29. The minimum absolute atomic E-state index is 0.274. The Morgan fingerprint density at radius 2 is 1.65 bits per heavy atom. The van der Waals surface area contributed by atoms with Gasteiger partial charge in [-0.2, -0.15) is 0 Å². The molecule has 0 amide bonds. The minimum Gasteiger partial charge on any atom is -0.303 e. The quantitative estimate of drug-likeness (QED) is 0.216. The number of allylic oxidation sites excluding steroid dienone is 1. The highest BCUT2D eigenvalue weighted by atomic mass is 19.1.